The molecule has 0 aliphatic carbocycles. The summed E-state index contributed by atoms with van der Waals surface area (Å²) in [6.45, 7) is 3.66. The lowest BCUT2D eigenvalue weighted by molar-refractivity contribution is -0.132. The van der Waals surface area contributed by atoms with Crippen LogP contribution in [0.15, 0.2) is 60.7 Å². The summed E-state index contributed by atoms with van der Waals surface area (Å²) in [6.07, 6.45) is 2.59. The zero-order chi connectivity index (χ0) is 28.6. The van der Waals surface area contributed by atoms with Crippen molar-refractivity contribution in [1.82, 2.24) is 20.0 Å². The second kappa shape index (κ2) is 13.5. The molecular weight excluding hydrogens is 522 g/mol. The van der Waals surface area contributed by atoms with Crippen molar-refractivity contribution in [2.45, 2.75) is 25.4 Å². The minimum Gasteiger partial charge on any atom is -0.497 e. The fourth-order valence-corrected chi connectivity index (χ4v) is 5.26. The van der Waals surface area contributed by atoms with Gasteiger partial charge in [0.15, 0.2) is 5.82 Å². The zero-order valence-corrected chi connectivity index (χ0v) is 23.7. The Kier molecular flexibility index (Phi) is 9.30. The Bertz CT molecular complexity index is 1310. The van der Waals surface area contributed by atoms with Crippen molar-refractivity contribution >= 4 is 17.6 Å². The van der Waals surface area contributed by atoms with Gasteiger partial charge >= 0.3 is 0 Å². The number of rotatable bonds is 9. The molecule has 1 atom stereocenters. The average molecular weight is 560 g/mol. The SMILES string of the molecule is COc1ccc(C(=O)N(CC(=O)N2CCCN(c3ccc(-c4cccc(OC)c4)nn3)CC2)CC2CCCO2)cc1. The van der Waals surface area contributed by atoms with Gasteiger partial charge in [-0.25, -0.2) is 0 Å². The zero-order valence-electron chi connectivity index (χ0n) is 23.7. The van der Waals surface area contributed by atoms with E-state index in [0.29, 0.717) is 44.1 Å². The van der Waals surface area contributed by atoms with Gasteiger partial charge in [-0.05, 0) is 67.8 Å². The Morgan fingerprint density at radius 2 is 1.76 bits per heavy atom. The Balaban J connectivity index is 1.22. The summed E-state index contributed by atoms with van der Waals surface area (Å²) in [5.74, 6) is 1.98. The average Bonchev–Trinajstić information content (AvgIpc) is 3.41. The van der Waals surface area contributed by atoms with E-state index < -0.39 is 0 Å². The van der Waals surface area contributed by atoms with E-state index in [1.165, 1.54) is 0 Å². The van der Waals surface area contributed by atoms with E-state index >= 15 is 0 Å². The number of anilines is 1. The summed E-state index contributed by atoms with van der Waals surface area (Å²) < 4.78 is 16.3. The molecule has 2 saturated heterocycles. The van der Waals surface area contributed by atoms with Crippen molar-refractivity contribution in [3.8, 4) is 22.8 Å². The fraction of sp³-hybridized carbons (Fsp3) is 0.419. The number of hydrogen-bond donors (Lipinski definition) is 0. The highest BCUT2D eigenvalue weighted by atomic mass is 16.5. The lowest BCUT2D eigenvalue weighted by Gasteiger charge is -2.28. The maximum absolute atomic E-state index is 13.5. The van der Waals surface area contributed by atoms with E-state index in [-0.39, 0.29) is 24.5 Å². The highest BCUT2D eigenvalue weighted by Gasteiger charge is 2.28. The van der Waals surface area contributed by atoms with Gasteiger partial charge in [0.2, 0.25) is 5.91 Å². The first kappa shape index (κ1) is 28.4. The van der Waals surface area contributed by atoms with Crippen LogP contribution in [0.3, 0.4) is 0 Å². The number of carbonyl (C=O) groups is 2. The van der Waals surface area contributed by atoms with Crippen LogP contribution in [0.1, 0.15) is 29.6 Å². The van der Waals surface area contributed by atoms with Crippen molar-refractivity contribution < 1.29 is 23.8 Å². The van der Waals surface area contributed by atoms with Gasteiger partial charge in [0.25, 0.3) is 5.91 Å². The lowest BCUT2D eigenvalue weighted by Crippen LogP contribution is -2.46. The number of ether oxygens (including phenoxy) is 3. The van der Waals surface area contributed by atoms with E-state index in [9.17, 15) is 9.59 Å². The van der Waals surface area contributed by atoms with Crippen LogP contribution >= 0.6 is 0 Å². The molecule has 2 aliphatic heterocycles. The van der Waals surface area contributed by atoms with Crippen molar-refractivity contribution in [2.24, 2.45) is 0 Å². The second-order valence-electron chi connectivity index (χ2n) is 10.3. The summed E-state index contributed by atoms with van der Waals surface area (Å²) in [5.41, 5.74) is 2.23. The van der Waals surface area contributed by atoms with Gasteiger partial charge in [0.05, 0.1) is 26.0 Å². The molecule has 0 saturated carbocycles. The number of aromatic nitrogens is 2. The summed E-state index contributed by atoms with van der Waals surface area (Å²) in [6, 6.07) is 18.6. The summed E-state index contributed by atoms with van der Waals surface area (Å²) in [4.78, 5) is 32.6. The Hall–Kier alpha value is -4.18. The van der Waals surface area contributed by atoms with E-state index in [2.05, 4.69) is 15.1 Å². The van der Waals surface area contributed by atoms with Crippen molar-refractivity contribution in [1.29, 1.82) is 0 Å². The minimum atomic E-state index is -0.181. The Morgan fingerprint density at radius 3 is 2.46 bits per heavy atom. The molecule has 3 heterocycles. The molecule has 216 valence electrons. The van der Waals surface area contributed by atoms with Crippen LogP contribution in [-0.2, 0) is 9.53 Å². The molecule has 5 rings (SSSR count). The number of methoxy groups -OCH3 is 2. The number of hydrogen-bond acceptors (Lipinski definition) is 8. The van der Waals surface area contributed by atoms with Crippen LogP contribution in [0.25, 0.3) is 11.3 Å². The third-order valence-corrected chi connectivity index (χ3v) is 7.59. The van der Waals surface area contributed by atoms with Crippen LogP contribution in [0.4, 0.5) is 5.82 Å². The van der Waals surface area contributed by atoms with Gasteiger partial charge in [-0.15, -0.1) is 10.2 Å². The van der Waals surface area contributed by atoms with Gasteiger partial charge < -0.3 is 28.9 Å². The normalized spacial score (nSPS) is 17.2. The van der Waals surface area contributed by atoms with Crippen LogP contribution < -0.4 is 14.4 Å². The van der Waals surface area contributed by atoms with E-state index in [1.807, 2.05) is 41.3 Å². The van der Waals surface area contributed by atoms with Crippen molar-refractivity contribution in [2.75, 3.05) is 65.0 Å². The molecule has 10 heteroatoms. The summed E-state index contributed by atoms with van der Waals surface area (Å²) in [7, 11) is 3.23. The predicted octanol–water partition coefficient (Wildman–Crippen LogP) is 3.52. The smallest absolute Gasteiger partial charge is 0.254 e. The third-order valence-electron chi connectivity index (χ3n) is 7.59. The molecule has 3 aromatic rings. The van der Waals surface area contributed by atoms with Crippen molar-refractivity contribution in [3.05, 3.63) is 66.2 Å². The maximum atomic E-state index is 13.5. The quantitative estimate of drug-likeness (QED) is 0.393. The summed E-state index contributed by atoms with van der Waals surface area (Å²) >= 11 is 0. The monoisotopic (exact) mass is 559 g/mol. The molecule has 2 aromatic carbocycles. The lowest BCUT2D eigenvalue weighted by atomic mass is 10.1. The third kappa shape index (κ3) is 7.13. The molecular formula is C31H37N5O5. The molecule has 0 N–H and O–H groups in total. The number of amides is 2. The Morgan fingerprint density at radius 1 is 0.927 bits per heavy atom. The molecule has 10 nitrogen and oxygen atoms in total. The first-order chi connectivity index (χ1) is 20.0. The van der Waals surface area contributed by atoms with E-state index in [1.54, 1.807) is 43.4 Å². The van der Waals surface area contributed by atoms with Gasteiger partial charge in [-0.2, -0.15) is 0 Å². The molecule has 0 spiro atoms. The minimum absolute atomic E-state index is 0.0137. The molecule has 2 amide bonds. The number of carbonyl (C=O) groups excluding carboxylic acids is 2. The summed E-state index contributed by atoms with van der Waals surface area (Å²) in [5, 5.41) is 8.92. The molecule has 1 unspecified atom stereocenters. The highest BCUT2D eigenvalue weighted by molar-refractivity contribution is 5.96. The Labute approximate surface area is 240 Å². The second-order valence-corrected chi connectivity index (χ2v) is 10.3. The van der Waals surface area contributed by atoms with Crippen LogP contribution in [0.2, 0.25) is 0 Å². The first-order valence-corrected chi connectivity index (χ1v) is 14.1. The van der Waals surface area contributed by atoms with Crippen LogP contribution in [0.5, 0.6) is 11.5 Å². The number of benzene rings is 2. The fourth-order valence-electron chi connectivity index (χ4n) is 5.26. The topological polar surface area (TPSA) is 97.3 Å². The number of nitrogens with zero attached hydrogens (tertiary/aromatic N) is 5. The van der Waals surface area contributed by atoms with Crippen LogP contribution in [-0.4, -0.2) is 98.0 Å². The molecule has 0 radical (unpaired) electrons. The van der Waals surface area contributed by atoms with Gasteiger partial charge in [0.1, 0.15) is 18.0 Å². The largest absolute Gasteiger partial charge is 0.497 e. The molecule has 2 fully saturated rings. The van der Waals surface area contributed by atoms with Crippen LogP contribution in [0, 0.1) is 0 Å². The van der Waals surface area contributed by atoms with E-state index in [4.69, 9.17) is 14.2 Å². The van der Waals surface area contributed by atoms with Gasteiger partial charge in [-0.3, -0.25) is 9.59 Å². The predicted molar refractivity (Wildman–Crippen MR) is 155 cm³/mol. The molecule has 2 aliphatic rings. The maximum Gasteiger partial charge on any atom is 0.254 e. The highest BCUT2D eigenvalue weighted by Crippen LogP contribution is 2.23. The molecule has 0 bridgehead atoms. The van der Waals surface area contributed by atoms with Crippen molar-refractivity contribution in [3.63, 3.8) is 0 Å². The molecule has 41 heavy (non-hydrogen) atoms. The first-order valence-electron chi connectivity index (χ1n) is 14.1. The van der Waals surface area contributed by atoms with Gasteiger partial charge in [-0.1, -0.05) is 12.1 Å². The van der Waals surface area contributed by atoms with Gasteiger partial charge in [0, 0.05) is 50.5 Å². The molecule has 1 aromatic heterocycles. The van der Waals surface area contributed by atoms with E-state index in [0.717, 1.165) is 48.6 Å². The standard InChI is InChI=1S/C31H37N5O5/c1-39-25-11-9-23(10-12-25)31(38)36(21-27-8-4-19-41-27)22-30(37)35-16-5-15-34(17-18-35)29-14-13-28(32-33-29)24-6-3-7-26(20-24)40-2/h3,6-7,9-14,20,27H,4-5,8,15-19,21-22H2,1-2H3.